The number of piperidine rings is 1. The molecule has 2 aliphatic heterocycles. The van der Waals surface area contributed by atoms with Crippen LogP contribution in [-0.2, 0) is 4.74 Å². The van der Waals surface area contributed by atoms with E-state index >= 15 is 0 Å². The van der Waals surface area contributed by atoms with Crippen molar-refractivity contribution >= 4 is 17.2 Å². The minimum absolute atomic E-state index is 0.183. The fraction of sp³-hybridized carbons (Fsp3) is 0.667. The Kier molecular flexibility index (Phi) is 3.39. The van der Waals surface area contributed by atoms with E-state index < -0.39 is 0 Å². The molecule has 0 unspecified atom stereocenters. The molecule has 0 aliphatic carbocycles. The van der Waals surface area contributed by atoms with E-state index in [1.54, 1.807) is 11.3 Å². The Morgan fingerprint density at radius 2 is 2.26 bits per heavy atom. The van der Waals surface area contributed by atoms with E-state index in [0.29, 0.717) is 12.0 Å². The monoisotopic (exact) mass is 279 g/mol. The van der Waals surface area contributed by atoms with Gasteiger partial charge in [0, 0.05) is 18.0 Å². The van der Waals surface area contributed by atoms with Crippen molar-refractivity contribution in [3.8, 4) is 0 Å². The molecule has 3 nitrogen and oxygen atoms in total. The summed E-state index contributed by atoms with van der Waals surface area (Å²) in [6.45, 7) is 7.92. The van der Waals surface area contributed by atoms with Gasteiger partial charge in [0.05, 0.1) is 17.1 Å². The minimum Gasteiger partial charge on any atom is -0.373 e. The highest BCUT2D eigenvalue weighted by atomic mass is 32.1. The van der Waals surface area contributed by atoms with Gasteiger partial charge < -0.3 is 9.64 Å². The van der Waals surface area contributed by atoms with Gasteiger partial charge in [0.25, 0.3) is 5.91 Å². The zero-order valence-corrected chi connectivity index (χ0v) is 12.6. The molecule has 0 N–H and O–H groups in total. The van der Waals surface area contributed by atoms with Crippen LogP contribution in [-0.4, -0.2) is 36.1 Å². The van der Waals surface area contributed by atoms with Gasteiger partial charge in [-0.2, -0.15) is 0 Å². The highest BCUT2D eigenvalue weighted by Gasteiger charge is 2.38. The number of rotatable bonds is 1. The fourth-order valence-corrected chi connectivity index (χ4v) is 4.19. The number of amides is 1. The summed E-state index contributed by atoms with van der Waals surface area (Å²) in [4.78, 5) is 16.6. The van der Waals surface area contributed by atoms with Gasteiger partial charge in [-0.05, 0) is 51.2 Å². The number of fused-ring (bicyclic) bond motifs is 1. The average molecular weight is 279 g/mol. The lowest BCUT2D eigenvalue weighted by Crippen LogP contribution is -2.45. The molecule has 2 saturated heterocycles. The molecule has 3 heterocycles. The fourth-order valence-electron chi connectivity index (χ4n) is 3.19. The number of carbonyl (C=O) groups is 1. The van der Waals surface area contributed by atoms with Crippen LogP contribution in [0.15, 0.2) is 6.07 Å². The van der Waals surface area contributed by atoms with Gasteiger partial charge in [0.15, 0.2) is 0 Å². The van der Waals surface area contributed by atoms with Gasteiger partial charge in [-0.15, -0.1) is 11.3 Å². The van der Waals surface area contributed by atoms with Crippen molar-refractivity contribution in [1.82, 2.24) is 4.90 Å². The molecule has 3 rings (SSSR count). The largest absolute Gasteiger partial charge is 0.373 e. The maximum atomic E-state index is 12.5. The van der Waals surface area contributed by atoms with Crippen LogP contribution < -0.4 is 0 Å². The summed E-state index contributed by atoms with van der Waals surface area (Å²) in [6.07, 6.45) is 2.86. The molecule has 1 amide bonds. The Labute approximate surface area is 118 Å². The van der Waals surface area contributed by atoms with E-state index in [0.717, 1.165) is 30.8 Å². The first-order chi connectivity index (χ1) is 9.04. The second-order valence-electron chi connectivity index (χ2n) is 5.87. The lowest BCUT2D eigenvalue weighted by Gasteiger charge is -2.33. The van der Waals surface area contributed by atoms with Crippen LogP contribution in [0.2, 0.25) is 0 Å². The first-order valence-corrected chi connectivity index (χ1v) is 7.88. The Balaban J connectivity index is 1.71. The molecule has 19 heavy (non-hydrogen) atoms. The quantitative estimate of drug-likeness (QED) is 0.791. The Morgan fingerprint density at radius 3 is 2.95 bits per heavy atom. The summed E-state index contributed by atoms with van der Waals surface area (Å²) < 4.78 is 5.92. The standard InChI is InChI=1S/C15H21NO2S/c1-9-6-14(19-11(9)3)15(17)16-5-4-12-7-10(2)18-13(12)8-16/h6,10,12-13H,4-5,7-8H2,1-3H3/t10-,12-,13+/m1/s1. The summed E-state index contributed by atoms with van der Waals surface area (Å²) in [5.74, 6) is 0.841. The summed E-state index contributed by atoms with van der Waals surface area (Å²) in [5, 5.41) is 0. The van der Waals surface area contributed by atoms with Gasteiger partial charge in [0.1, 0.15) is 0 Å². The predicted octanol–water partition coefficient (Wildman–Crippen LogP) is 3.00. The van der Waals surface area contributed by atoms with E-state index in [1.165, 1.54) is 10.4 Å². The van der Waals surface area contributed by atoms with Crippen LogP contribution in [0.4, 0.5) is 0 Å². The smallest absolute Gasteiger partial charge is 0.264 e. The third-order valence-corrected chi connectivity index (χ3v) is 5.54. The number of hydrogen-bond donors (Lipinski definition) is 0. The van der Waals surface area contributed by atoms with Gasteiger partial charge >= 0.3 is 0 Å². The normalized spacial score (nSPS) is 30.5. The molecule has 2 aliphatic rings. The average Bonchev–Trinajstić information content (AvgIpc) is 2.90. The maximum Gasteiger partial charge on any atom is 0.264 e. The predicted molar refractivity (Wildman–Crippen MR) is 76.8 cm³/mol. The van der Waals surface area contributed by atoms with Gasteiger partial charge in [-0.25, -0.2) is 0 Å². The molecule has 0 bridgehead atoms. The highest BCUT2D eigenvalue weighted by molar-refractivity contribution is 7.14. The van der Waals surface area contributed by atoms with E-state index in [9.17, 15) is 4.79 Å². The van der Waals surface area contributed by atoms with Crippen molar-refractivity contribution in [2.75, 3.05) is 13.1 Å². The molecule has 104 valence electrons. The van der Waals surface area contributed by atoms with Crippen molar-refractivity contribution in [1.29, 1.82) is 0 Å². The van der Waals surface area contributed by atoms with Crippen molar-refractivity contribution in [2.45, 2.75) is 45.8 Å². The number of nitrogens with zero attached hydrogens (tertiary/aromatic N) is 1. The van der Waals surface area contributed by atoms with Crippen LogP contribution >= 0.6 is 11.3 Å². The van der Waals surface area contributed by atoms with E-state index in [1.807, 2.05) is 11.0 Å². The van der Waals surface area contributed by atoms with Crippen molar-refractivity contribution in [3.05, 3.63) is 21.4 Å². The first-order valence-electron chi connectivity index (χ1n) is 7.06. The number of aryl methyl sites for hydroxylation is 2. The molecule has 2 fully saturated rings. The molecular weight excluding hydrogens is 258 g/mol. The Morgan fingerprint density at radius 1 is 1.47 bits per heavy atom. The molecule has 0 saturated carbocycles. The maximum absolute atomic E-state index is 12.5. The number of hydrogen-bond acceptors (Lipinski definition) is 3. The minimum atomic E-state index is 0.183. The van der Waals surface area contributed by atoms with Crippen LogP contribution in [0.25, 0.3) is 0 Å². The Bertz CT molecular complexity index is 477. The number of likely N-dealkylation sites (tertiary alicyclic amines) is 1. The molecule has 0 spiro atoms. The van der Waals surface area contributed by atoms with Crippen LogP contribution in [0.3, 0.4) is 0 Å². The number of carbonyl (C=O) groups excluding carboxylic acids is 1. The first kappa shape index (κ1) is 13.1. The molecule has 3 atom stereocenters. The highest BCUT2D eigenvalue weighted by Crippen LogP contribution is 2.34. The molecule has 4 heteroatoms. The SMILES string of the molecule is Cc1cc(C(=O)N2CC[C@@H]3C[C@@H](C)O[C@H]3C2)sc1C. The lowest BCUT2D eigenvalue weighted by atomic mass is 9.92. The van der Waals surface area contributed by atoms with Crippen molar-refractivity contribution in [3.63, 3.8) is 0 Å². The van der Waals surface area contributed by atoms with Crippen LogP contribution in [0, 0.1) is 19.8 Å². The molecule has 0 radical (unpaired) electrons. The van der Waals surface area contributed by atoms with Crippen LogP contribution in [0.1, 0.15) is 39.9 Å². The number of thiophene rings is 1. The third kappa shape index (κ3) is 2.43. The second kappa shape index (κ2) is 4.91. The topological polar surface area (TPSA) is 29.5 Å². The molecule has 1 aromatic rings. The summed E-state index contributed by atoms with van der Waals surface area (Å²) in [5.41, 5.74) is 1.22. The lowest BCUT2D eigenvalue weighted by molar-refractivity contribution is 0.00172. The molecular formula is C15H21NO2S. The van der Waals surface area contributed by atoms with Gasteiger partial charge in [-0.3, -0.25) is 4.79 Å². The Hall–Kier alpha value is -0.870. The van der Waals surface area contributed by atoms with E-state index in [-0.39, 0.29) is 12.0 Å². The van der Waals surface area contributed by atoms with Gasteiger partial charge in [0.2, 0.25) is 0 Å². The molecule has 1 aromatic heterocycles. The van der Waals surface area contributed by atoms with Gasteiger partial charge in [-0.1, -0.05) is 0 Å². The summed E-state index contributed by atoms with van der Waals surface area (Å²) in [6, 6.07) is 2.02. The summed E-state index contributed by atoms with van der Waals surface area (Å²) in [7, 11) is 0. The third-order valence-electron chi connectivity index (χ3n) is 4.40. The van der Waals surface area contributed by atoms with Crippen molar-refractivity contribution < 1.29 is 9.53 Å². The van der Waals surface area contributed by atoms with E-state index in [2.05, 4.69) is 20.8 Å². The summed E-state index contributed by atoms with van der Waals surface area (Å²) >= 11 is 1.61. The van der Waals surface area contributed by atoms with Crippen molar-refractivity contribution in [2.24, 2.45) is 5.92 Å². The zero-order valence-electron chi connectivity index (χ0n) is 11.8. The zero-order chi connectivity index (χ0) is 13.6. The molecule has 0 aromatic carbocycles. The van der Waals surface area contributed by atoms with Crippen LogP contribution in [0.5, 0.6) is 0 Å². The number of ether oxygens (including phenoxy) is 1. The second-order valence-corrected chi connectivity index (χ2v) is 7.13. The van der Waals surface area contributed by atoms with E-state index in [4.69, 9.17) is 4.74 Å².